The molecule has 108 valence electrons. The summed E-state index contributed by atoms with van der Waals surface area (Å²) < 4.78 is 1.67. The van der Waals surface area contributed by atoms with Crippen LogP contribution in [-0.2, 0) is 13.1 Å². The topological polar surface area (TPSA) is 67.3 Å². The molecule has 0 aliphatic rings. The summed E-state index contributed by atoms with van der Waals surface area (Å²) in [6.45, 7) is 3.95. The Morgan fingerprint density at radius 3 is 2.90 bits per heavy atom. The van der Waals surface area contributed by atoms with Crippen molar-refractivity contribution >= 4 is 5.69 Å². The molecule has 1 unspecified atom stereocenters. The van der Waals surface area contributed by atoms with Crippen LogP contribution >= 0.6 is 0 Å². The normalized spacial score (nSPS) is 12.8. The van der Waals surface area contributed by atoms with Gasteiger partial charge in [0.1, 0.15) is 0 Å². The first-order valence-corrected chi connectivity index (χ1v) is 6.73. The summed E-state index contributed by atoms with van der Waals surface area (Å²) in [6, 6.07) is 8.41. The first kappa shape index (κ1) is 14.6. The Labute approximate surface area is 119 Å². The highest BCUT2D eigenvalue weighted by Crippen LogP contribution is 2.07. The molecule has 0 radical (unpaired) electrons. The smallest absolute Gasteiger partial charge is 0.0862 e. The Morgan fingerprint density at radius 2 is 2.25 bits per heavy atom. The van der Waals surface area contributed by atoms with Crippen LogP contribution in [0.3, 0.4) is 0 Å². The molecule has 0 fully saturated rings. The number of aryl methyl sites for hydroxylation is 1. The number of aliphatic hydroxyl groups excluding tert-OH is 1. The molecule has 2 rings (SSSR count). The Bertz CT molecular complexity index is 552. The fourth-order valence-corrected chi connectivity index (χ4v) is 2.30. The van der Waals surface area contributed by atoms with E-state index >= 15 is 0 Å². The lowest BCUT2D eigenvalue weighted by Gasteiger charge is -2.20. The number of aromatic nitrogens is 2. The molecule has 0 aliphatic heterocycles. The van der Waals surface area contributed by atoms with Crippen molar-refractivity contribution in [1.29, 1.82) is 0 Å². The molecule has 1 atom stereocenters. The molecular formula is C15H22N4O. The quantitative estimate of drug-likeness (QED) is 0.832. The highest BCUT2D eigenvalue weighted by Gasteiger charge is 2.10. The molecule has 1 aromatic carbocycles. The van der Waals surface area contributed by atoms with Gasteiger partial charge in [0.15, 0.2) is 0 Å². The summed E-state index contributed by atoms with van der Waals surface area (Å²) in [4.78, 5) is 2.10. The number of anilines is 1. The second-order valence-corrected chi connectivity index (χ2v) is 5.34. The third-order valence-corrected chi connectivity index (χ3v) is 3.11. The first-order valence-electron chi connectivity index (χ1n) is 6.73. The lowest BCUT2D eigenvalue weighted by Crippen LogP contribution is -2.31. The van der Waals surface area contributed by atoms with Crippen LogP contribution < -0.4 is 5.73 Å². The standard InChI is InChI=1S/C15H22N4O/c1-12-4-3-5-13(6-12)8-18(2)10-15(20)11-19-9-14(16)7-17-19/h3-7,9,15,20H,8,10-11,16H2,1-2H3. The van der Waals surface area contributed by atoms with Gasteiger partial charge in [-0.15, -0.1) is 0 Å². The van der Waals surface area contributed by atoms with Crippen molar-refractivity contribution in [2.45, 2.75) is 26.1 Å². The maximum absolute atomic E-state index is 10.1. The van der Waals surface area contributed by atoms with Crippen molar-refractivity contribution in [1.82, 2.24) is 14.7 Å². The molecule has 1 aromatic heterocycles. The minimum absolute atomic E-state index is 0.454. The van der Waals surface area contributed by atoms with Crippen molar-refractivity contribution in [3.8, 4) is 0 Å². The summed E-state index contributed by atoms with van der Waals surface area (Å²) in [7, 11) is 2.00. The molecular weight excluding hydrogens is 252 g/mol. The van der Waals surface area contributed by atoms with Gasteiger partial charge in [0, 0.05) is 19.3 Å². The van der Waals surface area contributed by atoms with E-state index in [2.05, 4.69) is 41.2 Å². The molecule has 5 nitrogen and oxygen atoms in total. The molecule has 3 N–H and O–H groups in total. The van der Waals surface area contributed by atoms with Gasteiger partial charge in [0.25, 0.3) is 0 Å². The van der Waals surface area contributed by atoms with Crippen LogP contribution in [0.4, 0.5) is 5.69 Å². The number of rotatable bonds is 6. The van der Waals surface area contributed by atoms with E-state index in [1.165, 1.54) is 11.1 Å². The minimum Gasteiger partial charge on any atom is -0.396 e. The Balaban J connectivity index is 1.83. The van der Waals surface area contributed by atoms with E-state index in [0.717, 1.165) is 6.54 Å². The monoisotopic (exact) mass is 274 g/mol. The summed E-state index contributed by atoms with van der Waals surface area (Å²) in [5.74, 6) is 0. The van der Waals surface area contributed by atoms with Gasteiger partial charge in [-0.1, -0.05) is 29.8 Å². The van der Waals surface area contributed by atoms with E-state index in [0.29, 0.717) is 18.8 Å². The SMILES string of the molecule is Cc1cccc(CN(C)CC(O)Cn2cc(N)cn2)c1. The summed E-state index contributed by atoms with van der Waals surface area (Å²) in [6.07, 6.45) is 2.84. The number of benzene rings is 1. The zero-order valence-corrected chi connectivity index (χ0v) is 12.0. The maximum Gasteiger partial charge on any atom is 0.0862 e. The molecule has 5 heteroatoms. The van der Waals surface area contributed by atoms with Crippen LogP contribution in [0.15, 0.2) is 36.7 Å². The van der Waals surface area contributed by atoms with Gasteiger partial charge < -0.3 is 10.8 Å². The highest BCUT2D eigenvalue weighted by molar-refractivity contribution is 5.30. The molecule has 0 spiro atoms. The number of nitrogens with two attached hydrogens (primary N) is 1. The number of aliphatic hydroxyl groups is 1. The fraction of sp³-hybridized carbons (Fsp3) is 0.400. The molecule has 1 heterocycles. The number of hydrogen-bond acceptors (Lipinski definition) is 4. The van der Waals surface area contributed by atoms with Gasteiger partial charge in [-0.25, -0.2) is 0 Å². The second kappa shape index (κ2) is 6.54. The fourth-order valence-electron chi connectivity index (χ4n) is 2.30. The van der Waals surface area contributed by atoms with Gasteiger partial charge in [-0.2, -0.15) is 5.10 Å². The van der Waals surface area contributed by atoms with Crippen LogP contribution in [0.2, 0.25) is 0 Å². The number of likely N-dealkylation sites (N-methyl/N-ethyl adjacent to an activating group) is 1. The van der Waals surface area contributed by atoms with Gasteiger partial charge >= 0.3 is 0 Å². The molecule has 2 aromatic rings. The molecule has 0 saturated carbocycles. The average Bonchev–Trinajstić information content (AvgIpc) is 2.74. The van der Waals surface area contributed by atoms with Crippen LogP contribution in [0.25, 0.3) is 0 Å². The number of nitrogens with zero attached hydrogens (tertiary/aromatic N) is 3. The van der Waals surface area contributed by atoms with E-state index in [9.17, 15) is 5.11 Å². The van der Waals surface area contributed by atoms with Crippen LogP contribution in [-0.4, -0.2) is 39.5 Å². The van der Waals surface area contributed by atoms with E-state index < -0.39 is 6.10 Å². The second-order valence-electron chi connectivity index (χ2n) is 5.34. The van der Waals surface area contributed by atoms with E-state index in [-0.39, 0.29) is 0 Å². The molecule has 0 aliphatic carbocycles. The largest absolute Gasteiger partial charge is 0.396 e. The lowest BCUT2D eigenvalue weighted by molar-refractivity contribution is 0.104. The maximum atomic E-state index is 10.1. The molecule has 0 bridgehead atoms. The van der Waals surface area contributed by atoms with Crippen molar-refractivity contribution in [3.05, 3.63) is 47.8 Å². The summed E-state index contributed by atoms with van der Waals surface area (Å²) >= 11 is 0. The molecule has 0 saturated heterocycles. The summed E-state index contributed by atoms with van der Waals surface area (Å²) in [5, 5.41) is 14.1. The molecule has 0 amide bonds. The molecule has 20 heavy (non-hydrogen) atoms. The number of hydrogen-bond donors (Lipinski definition) is 2. The predicted octanol–water partition coefficient (Wildman–Crippen LogP) is 1.27. The van der Waals surface area contributed by atoms with Crippen LogP contribution in [0, 0.1) is 6.92 Å². The average molecular weight is 274 g/mol. The Morgan fingerprint density at radius 1 is 1.45 bits per heavy atom. The van der Waals surface area contributed by atoms with E-state index in [1.54, 1.807) is 17.1 Å². The van der Waals surface area contributed by atoms with Crippen LogP contribution in [0.5, 0.6) is 0 Å². The first-order chi connectivity index (χ1) is 9.52. The summed E-state index contributed by atoms with van der Waals surface area (Å²) in [5.41, 5.74) is 8.72. The van der Waals surface area contributed by atoms with Gasteiger partial charge in [-0.3, -0.25) is 9.58 Å². The van der Waals surface area contributed by atoms with E-state index in [1.807, 2.05) is 7.05 Å². The Hall–Kier alpha value is -1.85. The number of nitrogen functional groups attached to an aromatic ring is 1. The van der Waals surface area contributed by atoms with Crippen molar-refractivity contribution in [2.75, 3.05) is 19.3 Å². The van der Waals surface area contributed by atoms with Gasteiger partial charge in [-0.05, 0) is 19.5 Å². The van der Waals surface area contributed by atoms with E-state index in [4.69, 9.17) is 5.73 Å². The van der Waals surface area contributed by atoms with Crippen molar-refractivity contribution in [3.63, 3.8) is 0 Å². The van der Waals surface area contributed by atoms with Crippen molar-refractivity contribution in [2.24, 2.45) is 0 Å². The minimum atomic E-state index is -0.468. The van der Waals surface area contributed by atoms with Crippen molar-refractivity contribution < 1.29 is 5.11 Å². The van der Waals surface area contributed by atoms with Gasteiger partial charge in [0.2, 0.25) is 0 Å². The third kappa shape index (κ3) is 4.36. The lowest BCUT2D eigenvalue weighted by atomic mass is 10.1. The Kier molecular flexibility index (Phi) is 4.76. The van der Waals surface area contributed by atoms with Gasteiger partial charge in [0.05, 0.1) is 24.5 Å². The zero-order valence-electron chi connectivity index (χ0n) is 12.0. The zero-order chi connectivity index (χ0) is 14.5. The predicted molar refractivity (Wildman–Crippen MR) is 80.2 cm³/mol. The van der Waals surface area contributed by atoms with Crippen LogP contribution in [0.1, 0.15) is 11.1 Å². The highest BCUT2D eigenvalue weighted by atomic mass is 16.3. The third-order valence-electron chi connectivity index (χ3n) is 3.11.